The lowest BCUT2D eigenvalue weighted by Gasteiger charge is -2.06. The molecule has 0 fully saturated rings. The maximum atomic E-state index is 5.03. The molecular formula is C10H13NO. The van der Waals surface area contributed by atoms with Crippen molar-refractivity contribution in [2.75, 3.05) is 7.11 Å². The molecule has 64 valence electrons. The lowest BCUT2D eigenvalue weighted by atomic mass is 10.1. The molecule has 0 aromatic carbocycles. The molecule has 1 rings (SSSR count). The number of methoxy groups -OCH3 is 1. The van der Waals surface area contributed by atoms with Crippen LogP contribution in [0, 0.1) is 13.8 Å². The Hall–Kier alpha value is -1.31. The third-order valence-electron chi connectivity index (χ3n) is 1.85. The number of nitrogens with zero attached hydrogens (tertiary/aromatic N) is 1. The highest BCUT2D eigenvalue weighted by atomic mass is 16.5. The minimum Gasteiger partial charge on any atom is -0.481 e. The molecule has 1 aromatic heterocycles. The SMILES string of the molecule is C=Cc1c(C)cc(OC)nc1C. The van der Waals surface area contributed by atoms with Gasteiger partial charge in [0, 0.05) is 11.8 Å². The fourth-order valence-electron chi connectivity index (χ4n) is 1.22. The first-order valence-electron chi connectivity index (χ1n) is 3.83. The summed E-state index contributed by atoms with van der Waals surface area (Å²) in [7, 11) is 1.62. The summed E-state index contributed by atoms with van der Waals surface area (Å²) in [6.07, 6.45) is 1.82. The average molecular weight is 163 g/mol. The van der Waals surface area contributed by atoms with Gasteiger partial charge in [-0.1, -0.05) is 12.7 Å². The molecule has 0 N–H and O–H groups in total. The number of ether oxygens (including phenoxy) is 1. The van der Waals surface area contributed by atoms with Crippen molar-refractivity contribution < 1.29 is 4.74 Å². The number of hydrogen-bond donors (Lipinski definition) is 0. The second-order valence-corrected chi connectivity index (χ2v) is 2.68. The first-order valence-corrected chi connectivity index (χ1v) is 3.83. The van der Waals surface area contributed by atoms with Crippen molar-refractivity contribution in [1.82, 2.24) is 4.98 Å². The van der Waals surface area contributed by atoms with Crippen LogP contribution in [0.25, 0.3) is 6.08 Å². The van der Waals surface area contributed by atoms with Crippen LogP contribution in [-0.2, 0) is 0 Å². The Labute approximate surface area is 72.9 Å². The molecule has 0 amide bonds. The van der Waals surface area contributed by atoms with Crippen molar-refractivity contribution >= 4 is 6.08 Å². The van der Waals surface area contributed by atoms with Crippen LogP contribution in [-0.4, -0.2) is 12.1 Å². The van der Waals surface area contributed by atoms with Crippen LogP contribution < -0.4 is 4.74 Å². The summed E-state index contributed by atoms with van der Waals surface area (Å²) in [4.78, 5) is 4.23. The van der Waals surface area contributed by atoms with Gasteiger partial charge in [0.05, 0.1) is 7.11 Å². The van der Waals surface area contributed by atoms with Gasteiger partial charge < -0.3 is 4.74 Å². The van der Waals surface area contributed by atoms with E-state index in [4.69, 9.17) is 4.74 Å². The first kappa shape index (κ1) is 8.78. The van der Waals surface area contributed by atoms with E-state index in [2.05, 4.69) is 11.6 Å². The molecule has 2 nitrogen and oxygen atoms in total. The molecule has 0 radical (unpaired) electrons. The summed E-state index contributed by atoms with van der Waals surface area (Å²) < 4.78 is 5.03. The molecule has 0 aliphatic rings. The lowest BCUT2D eigenvalue weighted by molar-refractivity contribution is 0.396. The van der Waals surface area contributed by atoms with Crippen LogP contribution in [0.4, 0.5) is 0 Å². The van der Waals surface area contributed by atoms with Gasteiger partial charge in [-0.2, -0.15) is 0 Å². The zero-order valence-electron chi connectivity index (χ0n) is 7.72. The van der Waals surface area contributed by atoms with E-state index in [-0.39, 0.29) is 0 Å². The van der Waals surface area contributed by atoms with E-state index in [1.54, 1.807) is 7.11 Å². The summed E-state index contributed by atoms with van der Waals surface area (Å²) in [5.41, 5.74) is 3.20. The maximum absolute atomic E-state index is 5.03. The van der Waals surface area contributed by atoms with Crippen molar-refractivity contribution in [3.8, 4) is 5.88 Å². The molecule has 0 unspecified atom stereocenters. The van der Waals surface area contributed by atoms with E-state index in [9.17, 15) is 0 Å². The Morgan fingerprint density at radius 3 is 2.58 bits per heavy atom. The van der Waals surface area contributed by atoms with Crippen LogP contribution in [0.15, 0.2) is 12.6 Å². The molecule has 12 heavy (non-hydrogen) atoms. The second kappa shape index (κ2) is 3.39. The van der Waals surface area contributed by atoms with Crippen molar-refractivity contribution in [2.24, 2.45) is 0 Å². The van der Waals surface area contributed by atoms with Crippen LogP contribution in [0.1, 0.15) is 16.8 Å². The average Bonchev–Trinajstić information content (AvgIpc) is 2.03. The van der Waals surface area contributed by atoms with Crippen LogP contribution in [0.3, 0.4) is 0 Å². The van der Waals surface area contributed by atoms with E-state index >= 15 is 0 Å². The van der Waals surface area contributed by atoms with Gasteiger partial charge >= 0.3 is 0 Å². The molecule has 0 aliphatic heterocycles. The van der Waals surface area contributed by atoms with E-state index in [1.807, 2.05) is 26.0 Å². The molecule has 0 saturated carbocycles. The third kappa shape index (κ3) is 1.47. The standard InChI is InChI=1S/C10H13NO/c1-5-9-7(2)6-10(12-4)11-8(9)3/h5-6H,1H2,2-4H3. The highest BCUT2D eigenvalue weighted by Crippen LogP contribution is 2.18. The summed E-state index contributed by atoms with van der Waals surface area (Å²) in [6, 6.07) is 1.91. The number of aromatic nitrogens is 1. The molecule has 1 aromatic rings. The lowest BCUT2D eigenvalue weighted by Crippen LogP contribution is -1.94. The minimum absolute atomic E-state index is 0.663. The Kier molecular flexibility index (Phi) is 2.48. The van der Waals surface area contributed by atoms with E-state index < -0.39 is 0 Å². The normalized spacial score (nSPS) is 9.58. The molecule has 0 atom stereocenters. The van der Waals surface area contributed by atoms with Crippen molar-refractivity contribution in [2.45, 2.75) is 13.8 Å². The Balaban J connectivity index is 3.27. The molecule has 2 heteroatoms. The van der Waals surface area contributed by atoms with Crippen LogP contribution in [0.5, 0.6) is 5.88 Å². The Morgan fingerprint density at radius 1 is 1.50 bits per heavy atom. The molecule has 0 aliphatic carbocycles. The van der Waals surface area contributed by atoms with Gasteiger partial charge in [-0.3, -0.25) is 0 Å². The predicted molar refractivity (Wildman–Crippen MR) is 50.4 cm³/mol. The Bertz CT molecular complexity index is 282. The summed E-state index contributed by atoms with van der Waals surface area (Å²) >= 11 is 0. The van der Waals surface area contributed by atoms with Crippen molar-refractivity contribution in [3.05, 3.63) is 29.5 Å². The fourth-order valence-corrected chi connectivity index (χ4v) is 1.22. The number of rotatable bonds is 2. The van der Waals surface area contributed by atoms with Gasteiger partial charge in [0.1, 0.15) is 0 Å². The van der Waals surface area contributed by atoms with Crippen LogP contribution >= 0.6 is 0 Å². The van der Waals surface area contributed by atoms with Gasteiger partial charge in [0.25, 0.3) is 0 Å². The minimum atomic E-state index is 0.663. The number of pyridine rings is 1. The van der Waals surface area contributed by atoms with E-state index in [0.29, 0.717) is 5.88 Å². The van der Waals surface area contributed by atoms with Crippen molar-refractivity contribution in [3.63, 3.8) is 0 Å². The van der Waals surface area contributed by atoms with Gasteiger partial charge in [0.2, 0.25) is 5.88 Å². The third-order valence-corrected chi connectivity index (χ3v) is 1.85. The smallest absolute Gasteiger partial charge is 0.213 e. The predicted octanol–water partition coefficient (Wildman–Crippen LogP) is 2.35. The number of hydrogen-bond acceptors (Lipinski definition) is 2. The zero-order valence-corrected chi connectivity index (χ0v) is 7.72. The summed E-state index contributed by atoms with van der Waals surface area (Å²) in [5.74, 6) is 0.663. The Morgan fingerprint density at radius 2 is 2.17 bits per heavy atom. The highest BCUT2D eigenvalue weighted by molar-refractivity contribution is 5.54. The number of aryl methyl sites for hydroxylation is 2. The van der Waals surface area contributed by atoms with Gasteiger partial charge in [-0.25, -0.2) is 4.98 Å². The molecule has 0 bridgehead atoms. The summed E-state index contributed by atoms with van der Waals surface area (Å²) in [5, 5.41) is 0. The zero-order chi connectivity index (χ0) is 9.14. The van der Waals surface area contributed by atoms with Gasteiger partial charge in [0.15, 0.2) is 0 Å². The molecule has 0 spiro atoms. The van der Waals surface area contributed by atoms with E-state index in [0.717, 1.165) is 16.8 Å². The molecule has 0 saturated heterocycles. The fraction of sp³-hybridized carbons (Fsp3) is 0.300. The van der Waals surface area contributed by atoms with Gasteiger partial charge in [-0.05, 0) is 25.0 Å². The molecular weight excluding hydrogens is 150 g/mol. The second-order valence-electron chi connectivity index (χ2n) is 2.68. The first-order chi connectivity index (χ1) is 5.69. The molecule has 1 heterocycles. The topological polar surface area (TPSA) is 22.1 Å². The highest BCUT2D eigenvalue weighted by Gasteiger charge is 2.02. The monoisotopic (exact) mass is 163 g/mol. The maximum Gasteiger partial charge on any atom is 0.213 e. The van der Waals surface area contributed by atoms with Crippen LogP contribution in [0.2, 0.25) is 0 Å². The van der Waals surface area contributed by atoms with E-state index in [1.165, 1.54) is 0 Å². The van der Waals surface area contributed by atoms with Gasteiger partial charge in [-0.15, -0.1) is 0 Å². The quantitative estimate of drug-likeness (QED) is 0.667. The largest absolute Gasteiger partial charge is 0.481 e. The summed E-state index contributed by atoms with van der Waals surface area (Å²) in [6.45, 7) is 7.70. The van der Waals surface area contributed by atoms with Crippen molar-refractivity contribution in [1.29, 1.82) is 0 Å².